The molecule has 2 atom stereocenters. The highest BCUT2D eigenvalue weighted by Gasteiger charge is 2.25. The highest BCUT2D eigenvalue weighted by atomic mass is 19.1. The van der Waals surface area contributed by atoms with E-state index in [1.807, 2.05) is 0 Å². The number of fused-ring (bicyclic) bond motifs is 2. The molecule has 172 valence electrons. The highest BCUT2D eigenvalue weighted by Crippen LogP contribution is 2.33. The van der Waals surface area contributed by atoms with Gasteiger partial charge in [-0.3, -0.25) is 4.79 Å². The predicted molar refractivity (Wildman–Crippen MR) is 123 cm³/mol. The maximum Gasteiger partial charge on any atom is 0.244 e. The molecule has 2 N–H and O–H groups in total. The van der Waals surface area contributed by atoms with Crippen molar-refractivity contribution in [1.82, 2.24) is 24.5 Å². The van der Waals surface area contributed by atoms with Crippen LogP contribution in [-0.4, -0.2) is 50.2 Å². The molecule has 1 fully saturated rings. The number of aromatic nitrogens is 4. The maximum atomic E-state index is 15.4. The lowest BCUT2D eigenvalue weighted by Crippen LogP contribution is -2.54. The summed E-state index contributed by atoms with van der Waals surface area (Å²) in [5.41, 5.74) is 2.29. The van der Waals surface area contributed by atoms with E-state index in [2.05, 4.69) is 39.5 Å². The van der Waals surface area contributed by atoms with Crippen molar-refractivity contribution in [3.8, 4) is 0 Å². The number of nitrogens with zero attached hydrogens (tertiary/aromatic N) is 5. The Bertz CT molecular complexity index is 1380. The third kappa shape index (κ3) is 3.80. The Hall–Kier alpha value is -3.53. The average molecular weight is 453 g/mol. The van der Waals surface area contributed by atoms with Crippen LogP contribution in [0.25, 0.3) is 16.6 Å². The normalized spacial score (nSPS) is 18.9. The molecule has 1 saturated heterocycles. The molecule has 0 saturated carbocycles. The van der Waals surface area contributed by atoms with Crippen LogP contribution in [0.5, 0.6) is 0 Å². The SMILES string of the molecule is CC(=O)n1nc(Nc2cc(F)c3nc(C)cn3c2)c2c(F)cc(N3C[C@@H](C)N[C@@H](C)C3)cc21. The molecule has 0 unspecified atom stereocenters. The molecule has 33 heavy (non-hydrogen) atoms. The summed E-state index contributed by atoms with van der Waals surface area (Å²) in [4.78, 5) is 18.6. The molecule has 1 aliphatic heterocycles. The molecule has 4 heterocycles. The quantitative estimate of drug-likeness (QED) is 0.491. The Labute approximate surface area is 189 Å². The van der Waals surface area contributed by atoms with Gasteiger partial charge in [-0.05, 0) is 32.9 Å². The largest absolute Gasteiger partial charge is 0.368 e. The molecule has 1 aromatic carbocycles. The van der Waals surface area contributed by atoms with E-state index in [0.717, 1.165) is 13.1 Å². The highest BCUT2D eigenvalue weighted by molar-refractivity contribution is 5.99. The number of carbonyl (C=O) groups is 1. The standard InChI is InChI=1S/C23H25F2N7O/c1-12-8-30(9-13(2)26-12)17-6-18(24)21-20(7-17)32(15(4)33)29-22(21)28-16-5-19(25)23-27-14(3)10-31(23)11-16/h5-7,10-13,26H,8-9H2,1-4H3,(H,28,29)/t12-,13+. The van der Waals surface area contributed by atoms with E-state index >= 15 is 4.39 Å². The van der Waals surface area contributed by atoms with Crippen molar-refractivity contribution >= 4 is 39.6 Å². The monoisotopic (exact) mass is 453 g/mol. The molecular formula is C23H25F2N7O. The van der Waals surface area contributed by atoms with E-state index < -0.39 is 11.6 Å². The fourth-order valence-corrected chi connectivity index (χ4v) is 4.62. The molecule has 0 spiro atoms. The zero-order valence-corrected chi connectivity index (χ0v) is 18.9. The summed E-state index contributed by atoms with van der Waals surface area (Å²) < 4.78 is 32.7. The zero-order valence-electron chi connectivity index (χ0n) is 18.9. The summed E-state index contributed by atoms with van der Waals surface area (Å²) in [6.45, 7) is 8.74. The van der Waals surface area contributed by atoms with Crippen LogP contribution in [0.4, 0.5) is 26.0 Å². The summed E-state index contributed by atoms with van der Waals surface area (Å²) in [6.07, 6.45) is 3.34. The van der Waals surface area contributed by atoms with E-state index in [4.69, 9.17) is 0 Å². The van der Waals surface area contributed by atoms with Gasteiger partial charge in [-0.2, -0.15) is 4.68 Å². The van der Waals surface area contributed by atoms with Crippen LogP contribution in [-0.2, 0) is 0 Å². The van der Waals surface area contributed by atoms with Crippen molar-refractivity contribution in [3.63, 3.8) is 0 Å². The van der Waals surface area contributed by atoms with Crippen molar-refractivity contribution in [3.05, 3.63) is 47.9 Å². The van der Waals surface area contributed by atoms with E-state index in [0.29, 0.717) is 22.6 Å². The Kier molecular flexibility index (Phi) is 5.04. The second-order valence-corrected chi connectivity index (χ2v) is 8.79. The molecule has 8 nitrogen and oxygen atoms in total. The first-order chi connectivity index (χ1) is 15.7. The molecule has 0 bridgehead atoms. The van der Waals surface area contributed by atoms with Gasteiger partial charge in [0.2, 0.25) is 5.91 Å². The fourth-order valence-electron chi connectivity index (χ4n) is 4.62. The zero-order chi connectivity index (χ0) is 23.4. The van der Waals surface area contributed by atoms with E-state index in [1.165, 1.54) is 23.7 Å². The molecular weight excluding hydrogens is 428 g/mol. The van der Waals surface area contributed by atoms with Crippen LogP contribution in [0.3, 0.4) is 0 Å². The van der Waals surface area contributed by atoms with Crippen LogP contribution in [0.1, 0.15) is 31.3 Å². The van der Waals surface area contributed by atoms with Gasteiger partial charge in [-0.25, -0.2) is 13.8 Å². The Morgan fingerprint density at radius 1 is 1.12 bits per heavy atom. The molecule has 0 amide bonds. The number of pyridine rings is 1. The number of carbonyl (C=O) groups excluding carboxylic acids is 1. The van der Waals surface area contributed by atoms with Gasteiger partial charge >= 0.3 is 0 Å². The minimum absolute atomic E-state index is 0.141. The van der Waals surface area contributed by atoms with E-state index in [9.17, 15) is 9.18 Å². The van der Waals surface area contributed by atoms with Crippen LogP contribution in [0, 0.1) is 18.6 Å². The Morgan fingerprint density at radius 2 is 1.85 bits per heavy atom. The van der Waals surface area contributed by atoms with Gasteiger partial charge in [0.25, 0.3) is 0 Å². The Morgan fingerprint density at radius 3 is 2.55 bits per heavy atom. The molecule has 4 aromatic rings. The summed E-state index contributed by atoms with van der Waals surface area (Å²) in [5.74, 6) is -1.23. The van der Waals surface area contributed by atoms with Gasteiger partial charge in [0, 0.05) is 56.2 Å². The molecule has 1 aliphatic rings. The molecule has 10 heteroatoms. The van der Waals surface area contributed by atoms with Crippen molar-refractivity contribution < 1.29 is 13.6 Å². The van der Waals surface area contributed by atoms with Gasteiger partial charge < -0.3 is 19.9 Å². The van der Waals surface area contributed by atoms with Crippen LogP contribution in [0.15, 0.2) is 30.6 Å². The van der Waals surface area contributed by atoms with Gasteiger partial charge in [0.05, 0.1) is 22.3 Å². The van der Waals surface area contributed by atoms with Gasteiger partial charge in [0.1, 0.15) is 5.82 Å². The summed E-state index contributed by atoms with van der Waals surface area (Å²) in [7, 11) is 0. The maximum absolute atomic E-state index is 15.4. The van der Waals surface area contributed by atoms with Gasteiger partial charge in [-0.15, -0.1) is 5.10 Å². The van der Waals surface area contributed by atoms with Crippen LogP contribution in [0.2, 0.25) is 0 Å². The van der Waals surface area contributed by atoms with Crippen LogP contribution < -0.4 is 15.5 Å². The van der Waals surface area contributed by atoms with Gasteiger partial charge in [0.15, 0.2) is 17.3 Å². The predicted octanol–water partition coefficient (Wildman–Crippen LogP) is 3.86. The number of rotatable bonds is 3. The number of benzene rings is 1. The lowest BCUT2D eigenvalue weighted by molar-refractivity contribution is 0.0927. The van der Waals surface area contributed by atoms with Crippen molar-refractivity contribution in [1.29, 1.82) is 0 Å². The second kappa shape index (κ2) is 7.80. The number of halogens is 2. The number of aryl methyl sites for hydroxylation is 1. The molecule has 5 rings (SSSR count). The summed E-state index contributed by atoms with van der Waals surface area (Å²) >= 11 is 0. The lowest BCUT2D eigenvalue weighted by atomic mass is 10.1. The summed E-state index contributed by atoms with van der Waals surface area (Å²) in [6, 6.07) is 5.02. The lowest BCUT2D eigenvalue weighted by Gasteiger charge is -2.37. The number of hydrogen-bond donors (Lipinski definition) is 2. The topological polar surface area (TPSA) is 79.5 Å². The first kappa shape index (κ1) is 21.3. The molecule has 0 aliphatic carbocycles. The number of piperazine rings is 1. The smallest absolute Gasteiger partial charge is 0.244 e. The number of nitrogens with one attached hydrogen (secondary N) is 2. The summed E-state index contributed by atoms with van der Waals surface area (Å²) in [5, 5.41) is 10.9. The second-order valence-electron chi connectivity index (χ2n) is 8.79. The fraction of sp³-hybridized carbons (Fsp3) is 0.348. The Balaban J connectivity index is 1.59. The number of hydrogen-bond acceptors (Lipinski definition) is 6. The van der Waals surface area contributed by atoms with Crippen molar-refractivity contribution in [2.45, 2.75) is 39.8 Å². The molecule has 3 aromatic heterocycles. The third-order valence-electron chi connectivity index (χ3n) is 5.83. The minimum Gasteiger partial charge on any atom is -0.368 e. The third-order valence-corrected chi connectivity index (χ3v) is 5.83. The van der Waals surface area contributed by atoms with Crippen molar-refractivity contribution in [2.24, 2.45) is 0 Å². The first-order valence-corrected chi connectivity index (χ1v) is 10.9. The minimum atomic E-state index is -0.520. The van der Waals surface area contributed by atoms with Crippen LogP contribution >= 0.6 is 0 Å². The number of imidazole rings is 1. The first-order valence-electron chi connectivity index (χ1n) is 10.9. The van der Waals surface area contributed by atoms with E-state index in [-0.39, 0.29) is 34.8 Å². The number of anilines is 3. The van der Waals surface area contributed by atoms with Gasteiger partial charge in [-0.1, -0.05) is 0 Å². The average Bonchev–Trinajstić information content (AvgIpc) is 3.28. The van der Waals surface area contributed by atoms with E-state index in [1.54, 1.807) is 29.8 Å². The molecule has 0 radical (unpaired) electrons. The van der Waals surface area contributed by atoms with Crippen molar-refractivity contribution in [2.75, 3.05) is 23.3 Å².